The second-order valence-corrected chi connectivity index (χ2v) is 7.07. The largest absolute Gasteiger partial charge is 0.0928 e. The van der Waals surface area contributed by atoms with Crippen LogP contribution in [0.5, 0.6) is 0 Å². The first-order valence-electron chi connectivity index (χ1n) is 6.98. The lowest BCUT2D eigenvalue weighted by atomic mass is 9.99. The minimum Gasteiger partial charge on any atom is -0.0928 e. The highest BCUT2D eigenvalue weighted by molar-refractivity contribution is 9.09. The van der Waals surface area contributed by atoms with Gasteiger partial charge in [0.25, 0.3) is 0 Å². The van der Waals surface area contributed by atoms with Crippen LogP contribution in [0, 0.1) is 0 Å². The summed E-state index contributed by atoms with van der Waals surface area (Å²) in [5, 5.41) is 3.87. The number of alkyl halides is 2. The molecule has 2 aromatic rings. The van der Waals surface area contributed by atoms with Gasteiger partial charge in [-0.1, -0.05) is 87.2 Å². The van der Waals surface area contributed by atoms with Gasteiger partial charge in [-0.2, -0.15) is 0 Å². The van der Waals surface area contributed by atoms with Crippen molar-refractivity contribution in [2.45, 2.75) is 36.9 Å². The van der Waals surface area contributed by atoms with Crippen LogP contribution in [-0.2, 0) is 6.42 Å². The third-order valence-corrected chi connectivity index (χ3v) is 4.81. The van der Waals surface area contributed by atoms with E-state index in [2.05, 4.69) is 74.3 Å². The highest BCUT2D eigenvalue weighted by Gasteiger charge is 2.07. The summed E-state index contributed by atoms with van der Waals surface area (Å²) in [6.45, 7) is 0. The number of halogens is 2. The summed E-state index contributed by atoms with van der Waals surface area (Å²) in [5.41, 5.74) is 1.46. The molecule has 0 fully saturated rings. The molecule has 1 unspecified atom stereocenters. The van der Waals surface area contributed by atoms with Gasteiger partial charge in [0, 0.05) is 10.2 Å². The molecule has 2 rings (SSSR count). The van der Waals surface area contributed by atoms with E-state index in [0.717, 1.165) is 11.8 Å². The standard InChI is InChI=1S/C17H20Br2/c18-12-5-1-2-10-16(19)13-15-9-6-8-14-7-3-4-11-17(14)15/h3-4,6-9,11,16H,1-2,5,10,12-13H2. The maximum absolute atomic E-state index is 3.84. The third kappa shape index (κ3) is 4.61. The van der Waals surface area contributed by atoms with Crippen LogP contribution in [0.15, 0.2) is 42.5 Å². The first-order chi connectivity index (χ1) is 9.31. The van der Waals surface area contributed by atoms with E-state index in [1.807, 2.05) is 0 Å². The maximum atomic E-state index is 3.84. The predicted molar refractivity (Wildman–Crippen MR) is 92.6 cm³/mol. The van der Waals surface area contributed by atoms with E-state index in [4.69, 9.17) is 0 Å². The van der Waals surface area contributed by atoms with E-state index in [-0.39, 0.29) is 0 Å². The van der Waals surface area contributed by atoms with Crippen molar-refractivity contribution < 1.29 is 0 Å². The summed E-state index contributed by atoms with van der Waals surface area (Å²) in [7, 11) is 0. The quantitative estimate of drug-likeness (QED) is 0.400. The van der Waals surface area contributed by atoms with Gasteiger partial charge in [0.2, 0.25) is 0 Å². The average molecular weight is 384 g/mol. The Bertz CT molecular complexity index is 502. The zero-order valence-electron chi connectivity index (χ0n) is 11.1. The number of benzene rings is 2. The van der Waals surface area contributed by atoms with Gasteiger partial charge in [-0.3, -0.25) is 0 Å². The van der Waals surface area contributed by atoms with Crippen molar-refractivity contribution >= 4 is 42.6 Å². The van der Waals surface area contributed by atoms with Crippen molar-refractivity contribution in [2.24, 2.45) is 0 Å². The van der Waals surface area contributed by atoms with Gasteiger partial charge in [0.15, 0.2) is 0 Å². The Hall–Kier alpha value is -0.340. The summed E-state index contributed by atoms with van der Waals surface area (Å²) in [6, 6.07) is 15.3. The van der Waals surface area contributed by atoms with E-state index in [0.29, 0.717) is 4.83 Å². The maximum Gasteiger partial charge on any atom is 0.0186 e. The Morgan fingerprint density at radius 1 is 0.895 bits per heavy atom. The summed E-state index contributed by atoms with van der Waals surface area (Å²) in [5.74, 6) is 0. The van der Waals surface area contributed by atoms with E-state index < -0.39 is 0 Å². The molecule has 0 amide bonds. The zero-order chi connectivity index (χ0) is 13.5. The summed E-state index contributed by atoms with van der Waals surface area (Å²) in [4.78, 5) is 0.591. The fourth-order valence-corrected chi connectivity index (χ4v) is 3.52. The Kier molecular flexibility index (Phi) is 6.39. The molecule has 0 spiro atoms. The minimum absolute atomic E-state index is 0.591. The molecule has 0 aliphatic carbocycles. The van der Waals surface area contributed by atoms with Crippen LogP contribution >= 0.6 is 31.9 Å². The fourth-order valence-electron chi connectivity index (χ4n) is 2.45. The van der Waals surface area contributed by atoms with Crippen LogP contribution in [0.1, 0.15) is 31.2 Å². The second-order valence-electron chi connectivity index (χ2n) is 4.98. The molecule has 19 heavy (non-hydrogen) atoms. The molecule has 0 aliphatic heterocycles. The molecule has 0 saturated carbocycles. The van der Waals surface area contributed by atoms with Crippen LogP contribution in [0.2, 0.25) is 0 Å². The third-order valence-electron chi connectivity index (χ3n) is 3.47. The van der Waals surface area contributed by atoms with Crippen LogP contribution in [-0.4, -0.2) is 10.2 Å². The van der Waals surface area contributed by atoms with Crippen LogP contribution in [0.4, 0.5) is 0 Å². The van der Waals surface area contributed by atoms with E-state index in [1.54, 1.807) is 0 Å². The van der Waals surface area contributed by atoms with Gasteiger partial charge in [-0.05, 0) is 35.6 Å². The molecule has 0 heterocycles. The average Bonchev–Trinajstić information content (AvgIpc) is 2.44. The van der Waals surface area contributed by atoms with Gasteiger partial charge >= 0.3 is 0 Å². The van der Waals surface area contributed by atoms with E-state index in [9.17, 15) is 0 Å². The van der Waals surface area contributed by atoms with Gasteiger partial charge in [-0.25, -0.2) is 0 Å². The SMILES string of the molecule is BrCCCCCC(Br)Cc1cccc2ccccc12. The monoisotopic (exact) mass is 382 g/mol. The van der Waals surface area contributed by atoms with Crippen molar-refractivity contribution in [1.82, 2.24) is 0 Å². The molecule has 0 N–H and O–H groups in total. The zero-order valence-corrected chi connectivity index (χ0v) is 14.3. The molecule has 0 saturated heterocycles. The first-order valence-corrected chi connectivity index (χ1v) is 9.01. The fraction of sp³-hybridized carbons (Fsp3) is 0.412. The van der Waals surface area contributed by atoms with Gasteiger partial charge in [0.05, 0.1) is 0 Å². The number of hydrogen-bond donors (Lipinski definition) is 0. The summed E-state index contributed by atoms with van der Waals surface area (Å²) in [6.07, 6.45) is 6.30. The van der Waals surface area contributed by atoms with Gasteiger partial charge < -0.3 is 0 Å². The topological polar surface area (TPSA) is 0 Å². The lowest BCUT2D eigenvalue weighted by Crippen LogP contribution is -2.03. The van der Waals surface area contributed by atoms with Crippen molar-refractivity contribution in [3.63, 3.8) is 0 Å². The molecule has 102 valence electrons. The normalized spacial score (nSPS) is 12.7. The van der Waals surface area contributed by atoms with Crippen molar-refractivity contribution in [1.29, 1.82) is 0 Å². The predicted octanol–water partition coefficient (Wildman–Crippen LogP) is 6.10. The first kappa shape index (κ1) is 15.1. The molecular formula is C17H20Br2. The summed E-state index contributed by atoms with van der Waals surface area (Å²) < 4.78 is 0. The van der Waals surface area contributed by atoms with E-state index >= 15 is 0 Å². The molecular weight excluding hydrogens is 364 g/mol. The summed E-state index contributed by atoms with van der Waals surface area (Å²) >= 11 is 7.33. The van der Waals surface area contributed by atoms with Gasteiger partial charge in [-0.15, -0.1) is 0 Å². The highest BCUT2D eigenvalue weighted by atomic mass is 79.9. The van der Waals surface area contributed by atoms with Crippen molar-refractivity contribution in [3.05, 3.63) is 48.0 Å². The Labute approximate surface area is 132 Å². The van der Waals surface area contributed by atoms with Gasteiger partial charge in [0.1, 0.15) is 0 Å². The van der Waals surface area contributed by atoms with Crippen LogP contribution in [0.25, 0.3) is 10.8 Å². The highest BCUT2D eigenvalue weighted by Crippen LogP contribution is 2.23. The smallest absolute Gasteiger partial charge is 0.0186 e. The Morgan fingerprint density at radius 3 is 2.53 bits per heavy atom. The van der Waals surface area contributed by atoms with E-state index in [1.165, 1.54) is 42.0 Å². The minimum atomic E-state index is 0.591. The number of hydrogen-bond acceptors (Lipinski definition) is 0. The lowest BCUT2D eigenvalue weighted by Gasteiger charge is -2.12. The molecule has 2 heteroatoms. The van der Waals surface area contributed by atoms with Crippen molar-refractivity contribution in [3.8, 4) is 0 Å². The van der Waals surface area contributed by atoms with Crippen molar-refractivity contribution in [2.75, 3.05) is 5.33 Å². The molecule has 0 aliphatic rings. The molecule has 0 aromatic heterocycles. The Balaban J connectivity index is 1.97. The molecule has 0 bridgehead atoms. The van der Waals surface area contributed by atoms with Crippen LogP contribution in [0.3, 0.4) is 0 Å². The van der Waals surface area contributed by atoms with Crippen LogP contribution < -0.4 is 0 Å². The Morgan fingerprint density at radius 2 is 1.68 bits per heavy atom. The molecule has 0 radical (unpaired) electrons. The molecule has 0 nitrogen and oxygen atoms in total. The lowest BCUT2D eigenvalue weighted by molar-refractivity contribution is 0.652. The number of rotatable bonds is 7. The molecule has 1 atom stereocenters. The number of unbranched alkanes of at least 4 members (excludes halogenated alkanes) is 2. The number of fused-ring (bicyclic) bond motifs is 1. The second kappa shape index (κ2) is 8.06. The molecule has 2 aromatic carbocycles.